The summed E-state index contributed by atoms with van der Waals surface area (Å²) >= 11 is 0. The first-order valence-corrected chi connectivity index (χ1v) is 10.8. The molecule has 0 atom stereocenters. The number of nitrogens with two attached hydrogens (primary N) is 1. The molecule has 4 rings (SSSR count). The Morgan fingerprint density at radius 2 is 1.58 bits per heavy atom. The maximum Gasteiger partial charge on any atom is 0.306 e. The van der Waals surface area contributed by atoms with Crippen LogP contribution in [-0.4, -0.2) is 71.9 Å². The van der Waals surface area contributed by atoms with E-state index in [9.17, 15) is 9.90 Å². The zero-order chi connectivity index (χ0) is 21.8. The highest BCUT2D eigenvalue weighted by Crippen LogP contribution is 2.29. The molecule has 0 unspecified atom stereocenters. The fourth-order valence-corrected chi connectivity index (χ4v) is 4.12. The first-order chi connectivity index (χ1) is 15.0. The summed E-state index contributed by atoms with van der Waals surface area (Å²) in [6.45, 7) is 6.96. The summed E-state index contributed by atoms with van der Waals surface area (Å²) in [4.78, 5) is 30.9. The largest absolute Gasteiger partial charge is 0.492 e. The Morgan fingerprint density at radius 3 is 2.19 bits per heavy atom. The lowest BCUT2D eigenvalue weighted by atomic mass is 9.97. The van der Waals surface area contributed by atoms with E-state index in [-0.39, 0.29) is 11.9 Å². The predicted molar refractivity (Wildman–Crippen MR) is 119 cm³/mol. The third-order valence-corrected chi connectivity index (χ3v) is 5.82. The zero-order valence-electron chi connectivity index (χ0n) is 17.8. The first-order valence-electron chi connectivity index (χ1n) is 10.8. The molecular formula is C21H29N7O3. The summed E-state index contributed by atoms with van der Waals surface area (Å²) in [5, 5.41) is 9.21. The predicted octanol–water partition coefficient (Wildman–Crippen LogP) is 1.48. The first kappa shape index (κ1) is 21.0. The minimum atomic E-state index is -0.737. The lowest BCUT2D eigenvalue weighted by Crippen LogP contribution is -2.47. The van der Waals surface area contributed by atoms with Gasteiger partial charge in [-0.25, -0.2) is 0 Å². The van der Waals surface area contributed by atoms with Gasteiger partial charge in [-0.3, -0.25) is 4.79 Å². The van der Waals surface area contributed by atoms with Crippen LogP contribution in [0.15, 0.2) is 24.3 Å². The van der Waals surface area contributed by atoms with Crippen molar-refractivity contribution in [3.63, 3.8) is 0 Å². The molecule has 0 amide bonds. The topological polar surface area (TPSA) is 121 Å². The summed E-state index contributed by atoms with van der Waals surface area (Å²) < 4.78 is 5.78. The van der Waals surface area contributed by atoms with E-state index >= 15 is 0 Å². The second-order valence-corrected chi connectivity index (χ2v) is 7.77. The fraction of sp³-hybridized carbons (Fsp3) is 0.524. The lowest BCUT2D eigenvalue weighted by molar-refractivity contribution is -0.142. The van der Waals surface area contributed by atoms with E-state index < -0.39 is 5.97 Å². The normalized spacial score (nSPS) is 17.6. The van der Waals surface area contributed by atoms with E-state index in [1.165, 1.54) is 0 Å². The van der Waals surface area contributed by atoms with Crippen molar-refractivity contribution in [1.82, 2.24) is 15.0 Å². The lowest BCUT2D eigenvalue weighted by Gasteiger charge is -2.37. The molecule has 2 aliphatic heterocycles. The smallest absolute Gasteiger partial charge is 0.306 e. The molecule has 2 aromatic rings. The number of carboxylic acids is 1. The van der Waals surface area contributed by atoms with Gasteiger partial charge in [0.1, 0.15) is 5.75 Å². The van der Waals surface area contributed by atoms with E-state index in [4.69, 9.17) is 10.5 Å². The Bertz CT molecular complexity index is 910. The molecule has 2 aliphatic rings. The minimum absolute atomic E-state index is 0.185. The summed E-state index contributed by atoms with van der Waals surface area (Å²) in [5.41, 5.74) is 7.08. The van der Waals surface area contributed by atoms with Crippen molar-refractivity contribution < 1.29 is 14.6 Å². The highest BCUT2D eigenvalue weighted by atomic mass is 16.5. The second-order valence-electron chi connectivity index (χ2n) is 7.77. The van der Waals surface area contributed by atoms with Crippen LogP contribution in [0, 0.1) is 5.92 Å². The number of ether oxygens (including phenoxy) is 1. The Balaban J connectivity index is 1.43. The van der Waals surface area contributed by atoms with Crippen molar-refractivity contribution in [3.8, 4) is 5.75 Å². The van der Waals surface area contributed by atoms with Crippen LogP contribution in [0.1, 0.15) is 19.8 Å². The minimum Gasteiger partial charge on any atom is -0.492 e. The fourth-order valence-electron chi connectivity index (χ4n) is 4.12. The molecule has 1 aromatic heterocycles. The van der Waals surface area contributed by atoms with Gasteiger partial charge in [-0.15, -0.1) is 0 Å². The van der Waals surface area contributed by atoms with Gasteiger partial charge >= 0.3 is 5.97 Å². The van der Waals surface area contributed by atoms with E-state index in [1.807, 2.05) is 30.0 Å². The monoisotopic (exact) mass is 427 g/mol. The van der Waals surface area contributed by atoms with Gasteiger partial charge in [-0.1, -0.05) is 12.1 Å². The quantitative estimate of drug-likeness (QED) is 0.701. The standard InChI is InChI=1S/C21H29N7O3/c1-2-31-17-6-4-3-5-16(17)26-11-13-28(14-12-26)21-24-19(22)23-20(25-21)27-9-7-15(8-10-27)18(29)30/h3-6,15H,2,7-14H2,1H3,(H,29,30)(H2,22,23,24,25). The molecule has 2 saturated heterocycles. The van der Waals surface area contributed by atoms with E-state index in [2.05, 4.69) is 30.8 Å². The maximum absolute atomic E-state index is 11.2. The number of piperazine rings is 1. The van der Waals surface area contributed by atoms with Crippen molar-refractivity contribution >= 4 is 29.5 Å². The van der Waals surface area contributed by atoms with Crippen LogP contribution >= 0.6 is 0 Å². The van der Waals surface area contributed by atoms with Gasteiger partial charge in [-0.2, -0.15) is 15.0 Å². The van der Waals surface area contributed by atoms with Crippen LogP contribution in [0.25, 0.3) is 0 Å². The molecular weight excluding hydrogens is 398 g/mol. The van der Waals surface area contributed by atoms with Crippen LogP contribution in [0.3, 0.4) is 0 Å². The van der Waals surface area contributed by atoms with E-state index in [0.29, 0.717) is 44.4 Å². The van der Waals surface area contributed by atoms with Gasteiger partial charge in [0, 0.05) is 39.3 Å². The van der Waals surface area contributed by atoms with Crippen molar-refractivity contribution in [1.29, 1.82) is 0 Å². The number of benzene rings is 1. The molecule has 10 nitrogen and oxygen atoms in total. The summed E-state index contributed by atoms with van der Waals surface area (Å²) in [7, 11) is 0. The third-order valence-electron chi connectivity index (χ3n) is 5.82. The average molecular weight is 428 g/mol. The van der Waals surface area contributed by atoms with Crippen LogP contribution in [0.4, 0.5) is 23.5 Å². The number of anilines is 4. The number of nitrogens with zero attached hydrogens (tertiary/aromatic N) is 6. The molecule has 0 radical (unpaired) electrons. The number of carboxylic acid groups (broad SMARTS) is 1. The third kappa shape index (κ3) is 4.73. The molecule has 10 heteroatoms. The van der Waals surface area contributed by atoms with Gasteiger partial charge < -0.3 is 30.3 Å². The van der Waals surface area contributed by atoms with Gasteiger partial charge in [-0.05, 0) is 31.9 Å². The maximum atomic E-state index is 11.2. The van der Waals surface area contributed by atoms with Gasteiger partial charge in [0.25, 0.3) is 0 Å². The van der Waals surface area contributed by atoms with Crippen molar-refractivity contribution in [3.05, 3.63) is 24.3 Å². The Hall–Kier alpha value is -3.30. The van der Waals surface area contributed by atoms with Crippen LogP contribution in [0.2, 0.25) is 0 Å². The molecule has 166 valence electrons. The Labute approximate surface area is 181 Å². The average Bonchev–Trinajstić information content (AvgIpc) is 2.79. The number of rotatable bonds is 6. The van der Waals surface area contributed by atoms with Gasteiger partial charge in [0.15, 0.2) is 0 Å². The van der Waals surface area contributed by atoms with Gasteiger partial charge in [0.05, 0.1) is 18.2 Å². The Morgan fingerprint density at radius 1 is 1.00 bits per heavy atom. The number of aliphatic carboxylic acids is 1. The Kier molecular flexibility index (Phi) is 6.24. The number of hydrogen-bond acceptors (Lipinski definition) is 9. The van der Waals surface area contributed by atoms with Crippen LogP contribution in [-0.2, 0) is 4.79 Å². The SMILES string of the molecule is CCOc1ccccc1N1CCN(c2nc(N)nc(N3CCC(C(=O)O)CC3)n2)CC1. The summed E-state index contributed by atoms with van der Waals surface area (Å²) in [6, 6.07) is 8.09. The van der Waals surface area contributed by atoms with Gasteiger partial charge in [0.2, 0.25) is 17.8 Å². The molecule has 0 aliphatic carbocycles. The number of hydrogen-bond donors (Lipinski definition) is 2. The highest BCUT2D eigenvalue weighted by molar-refractivity contribution is 5.70. The number of aromatic nitrogens is 3. The summed E-state index contributed by atoms with van der Waals surface area (Å²) in [6.07, 6.45) is 1.16. The van der Waals surface area contributed by atoms with Crippen molar-refractivity contribution in [2.24, 2.45) is 5.92 Å². The second kappa shape index (κ2) is 9.23. The van der Waals surface area contributed by atoms with E-state index in [0.717, 1.165) is 37.6 Å². The van der Waals surface area contributed by atoms with Crippen LogP contribution < -0.4 is 25.2 Å². The van der Waals surface area contributed by atoms with E-state index in [1.54, 1.807) is 0 Å². The molecule has 2 fully saturated rings. The number of carbonyl (C=O) groups is 1. The zero-order valence-corrected chi connectivity index (χ0v) is 17.8. The van der Waals surface area contributed by atoms with Crippen molar-refractivity contribution in [2.45, 2.75) is 19.8 Å². The molecule has 31 heavy (non-hydrogen) atoms. The number of para-hydroxylation sites is 2. The van der Waals surface area contributed by atoms with Crippen molar-refractivity contribution in [2.75, 3.05) is 66.3 Å². The highest BCUT2D eigenvalue weighted by Gasteiger charge is 2.27. The molecule has 0 spiro atoms. The molecule has 3 N–H and O–H groups in total. The summed E-state index contributed by atoms with van der Waals surface area (Å²) in [5.74, 6) is 1.14. The molecule has 3 heterocycles. The number of nitrogen functional groups attached to an aromatic ring is 1. The van der Waals surface area contributed by atoms with Crippen LogP contribution in [0.5, 0.6) is 5.75 Å². The molecule has 1 aromatic carbocycles. The number of piperidine rings is 1. The molecule has 0 saturated carbocycles. The molecule has 0 bridgehead atoms.